The number of esters is 6. The Morgan fingerprint density at radius 2 is 1.55 bits per heavy atom. The highest BCUT2D eigenvalue weighted by molar-refractivity contribution is 5.78. The Morgan fingerprint density at radius 3 is 2.06 bits per heavy atom. The van der Waals surface area contributed by atoms with Crippen LogP contribution in [-0.2, 0) is 66.7 Å². The van der Waals surface area contributed by atoms with Crippen LogP contribution >= 0.6 is 0 Å². The molecule has 0 radical (unpaired) electrons. The first-order valence-electron chi connectivity index (χ1n) is 15.9. The van der Waals surface area contributed by atoms with Gasteiger partial charge in [-0.1, -0.05) is 26.8 Å². The van der Waals surface area contributed by atoms with E-state index in [2.05, 4.69) is 0 Å². The molecular weight excluding hydrogens is 652 g/mol. The number of ether oxygens (including phenoxy) is 8. The second-order valence-electron chi connectivity index (χ2n) is 13.3. The minimum absolute atomic E-state index is 0.0994. The quantitative estimate of drug-likeness (QED) is 0.185. The van der Waals surface area contributed by atoms with E-state index in [1.165, 1.54) is 39.2 Å². The zero-order valence-corrected chi connectivity index (χ0v) is 28.7. The summed E-state index contributed by atoms with van der Waals surface area (Å²) in [5.41, 5.74) is -5.77. The summed E-state index contributed by atoms with van der Waals surface area (Å²) in [7, 11) is 1.39. The molecule has 11 atom stereocenters. The third-order valence-electron chi connectivity index (χ3n) is 9.63. The summed E-state index contributed by atoms with van der Waals surface area (Å²) in [6, 6.07) is 0. The van der Waals surface area contributed by atoms with Crippen molar-refractivity contribution in [3.05, 3.63) is 23.8 Å². The van der Waals surface area contributed by atoms with E-state index in [-0.39, 0.29) is 13.2 Å². The molecule has 272 valence electrons. The molecule has 2 N–H and O–H groups in total. The topological polar surface area (TPSA) is 220 Å². The van der Waals surface area contributed by atoms with Crippen molar-refractivity contribution in [1.29, 1.82) is 0 Å². The molecule has 0 unspecified atom stereocenters. The van der Waals surface area contributed by atoms with Gasteiger partial charge in [-0.15, -0.1) is 0 Å². The minimum atomic E-state index is -2.38. The Labute approximate surface area is 282 Å². The number of rotatable bonds is 9. The fourth-order valence-corrected chi connectivity index (χ4v) is 7.35. The van der Waals surface area contributed by atoms with E-state index in [0.29, 0.717) is 5.57 Å². The Bertz CT molecular complexity index is 1410. The van der Waals surface area contributed by atoms with E-state index in [0.717, 1.165) is 20.8 Å². The largest absolute Gasteiger partial charge is 0.459 e. The summed E-state index contributed by atoms with van der Waals surface area (Å²) >= 11 is 0. The maximum Gasteiger partial charge on any atom is 0.332 e. The number of hydrogen-bond donors (Lipinski definition) is 2. The second kappa shape index (κ2) is 14.2. The summed E-state index contributed by atoms with van der Waals surface area (Å²) in [5.74, 6) is -8.95. The van der Waals surface area contributed by atoms with Crippen LogP contribution in [0.5, 0.6) is 0 Å². The SMILES string of the molecule is COCC1=C/[C@@H]2OC(=O)[C@H](C)[C@@]2(O)[C@@H](OC(C)=O)[C@H]2[C@@]3(CO3)[C@H](OC(=O)C(C)C)[C@H](OC(C)=O)[C@H](OC(C)=O)[C@]2(C)[C@H](OC(=O)CO)/C=C\1. The first-order valence-corrected chi connectivity index (χ1v) is 15.9. The van der Waals surface area contributed by atoms with Crippen LogP contribution < -0.4 is 0 Å². The molecule has 49 heavy (non-hydrogen) atoms. The van der Waals surface area contributed by atoms with Crippen LogP contribution in [0, 0.1) is 23.2 Å². The maximum atomic E-state index is 13.2. The van der Waals surface area contributed by atoms with E-state index in [9.17, 15) is 39.0 Å². The lowest BCUT2D eigenvalue weighted by Gasteiger charge is -2.59. The Balaban J connectivity index is 2.18. The van der Waals surface area contributed by atoms with Gasteiger partial charge in [-0.05, 0) is 24.6 Å². The minimum Gasteiger partial charge on any atom is -0.459 e. The van der Waals surface area contributed by atoms with Gasteiger partial charge in [-0.3, -0.25) is 24.0 Å². The molecule has 0 amide bonds. The van der Waals surface area contributed by atoms with Gasteiger partial charge in [0.15, 0.2) is 30.0 Å². The number of aliphatic hydroxyl groups excluding tert-OH is 1. The predicted molar refractivity (Wildman–Crippen MR) is 162 cm³/mol. The number of aliphatic hydroxyl groups is 2. The van der Waals surface area contributed by atoms with E-state index >= 15 is 0 Å². The van der Waals surface area contributed by atoms with Crippen LogP contribution in [-0.4, -0.2) is 121 Å². The smallest absolute Gasteiger partial charge is 0.332 e. The zero-order chi connectivity index (χ0) is 36.6. The number of carbonyl (C=O) groups excluding carboxylic acids is 6. The van der Waals surface area contributed by atoms with Crippen molar-refractivity contribution in [1.82, 2.24) is 0 Å². The molecule has 2 aliphatic heterocycles. The molecule has 2 heterocycles. The molecule has 0 bridgehead atoms. The molecule has 4 aliphatic rings. The molecular formula is C33H44O16. The average Bonchev–Trinajstić information content (AvgIpc) is 3.76. The molecule has 16 nitrogen and oxygen atoms in total. The molecule has 0 aromatic heterocycles. The maximum absolute atomic E-state index is 13.2. The lowest BCUT2D eigenvalue weighted by molar-refractivity contribution is -0.280. The summed E-state index contributed by atoms with van der Waals surface area (Å²) in [6.45, 7) is 7.74. The van der Waals surface area contributed by atoms with Gasteiger partial charge in [0.2, 0.25) is 0 Å². The van der Waals surface area contributed by atoms with Crippen molar-refractivity contribution in [2.24, 2.45) is 23.2 Å². The predicted octanol–water partition coefficient (Wildman–Crippen LogP) is 0.0937. The van der Waals surface area contributed by atoms with Crippen LogP contribution in [0.15, 0.2) is 23.8 Å². The highest BCUT2D eigenvalue weighted by atomic mass is 16.7. The standard InChI is InChI=1S/C33H44O16/c1-15(2)29(39)49-27-24(44-17(4)35)26(45-18(5)36)31(7)21(47-23(38)12-34)10-9-20(13-42-8)11-22-33(41,16(3)30(40)48-22)28(46-19(6)37)25(31)32(27)14-43-32/h9-11,15-16,21-22,24-28,34,41H,12-14H2,1-8H3/b10-9-,20-11+/t16-,21+,22-,24+,25+,26-,27+,28-,31+,32-,33-/m0/s1. The van der Waals surface area contributed by atoms with Crippen molar-refractivity contribution in [2.75, 3.05) is 26.9 Å². The van der Waals surface area contributed by atoms with Crippen molar-refractivity contribution < 1.29 is 76.9 Å². The Morgan fingerprint density at radius 1 is 0.959 bits per heavy atom. The third kappa shape index (κ3) is 6.83. The van der Waals surface area contributed by atoms with E-state index in [1.807, 2.05) is 0 Å². The first kappa shape index (κ1) is 38.0. The Hall–Kier alpha value is -3.86. The number of methoxy groups -OCH3 is 1. The summed E-state index contributed by atoms with van der Waals surface area (Å²) in [4.78, 5) is 77.9. The van der Waals surface area contributed by atoms with Gasteiger partial charge in [-0.2, -0.15) is 0 Å². The van der Waals surface area contributed by atoms with Crippen LogP contribution in [0.2, 0.25) is 0 Å². The summed E-state index contributed by atoms with van der Waals surface area (Å²) in [5, 5.41) is 22.6. The summed E-state index contributed by atoms with van der Waals surface area (Å²) in [6.07, 6.45) is -5.39. The van der Waals surface area contributed by atoms with Crippen LogP contribution in [0.25, 0.3) is 0 Å². The molecule has 4 rings (SSSR count). The normalized spacial score (nSPS) is 39.7. The van der Waals surface area contributed by atoms with Gasteiger partial charge in [-0.25, -0.2) is 4.79 Å². The fraction of sp³-hybridized carbons (Fsp3) is 0.697. The van der Waals surface area contributed by atoms with E-state index < -0.39 is 113 Å². The molecule has 2 aliphatic carbocycles. The highest BCUT2D eigenvalue weighted by Crippen LogP contribution is 2.63. The molecule has 3 fully saturated rings. The van der Waals surface area contributed by atoms with Gasteiger partial charge < -0.3 is 48.1 Å². The average molecular weight is 697 g/mol. The van der Waals surface area contributed by atoms with Crippen molar-refractivity contribution >= 4 is 35.8 Å². The van der Waals surface area contributed by atoms with E-state index in [4.69, 9.17) is 37.9 Å². The number of fused-ring (bicyclic) bond motifs is 3. The monoisotopic (exact) mass is 696 g/mol. The number of carbonyl (C=O) groups is 6. The van der Waals surface area contributed by atoms with Crippen LogP contribution in [0.4, 0.5) is 0 Å². The van der Waals surface area contributed by atoms with Gasteiger partial charge in [0.05, 0.1) is 30.5 Å². The molecule has 0 aromatic rings. The number of epoxide rings is 1. The summed E-state index contributed by atoms with van der Waals surface area (Å²) < 4.78 is 46.5. The highest BCUT2D eigenvalue weighted by Gasteiger charge is 2.81. The van der Waals surface area contributed by atoms with Gasteiger partial charge in [0.25, 0.3) is 0 Å². The molecule has 2 saturated heterocycles. The Kier molecular flexibility index (Phi) is 11.0. The zero-order valence-electron chi connectivity index (χ0n) is 28.7. The number of hydrogen-bond acceptors (Lipinski definition) is 16. The van der Waals surface area contributed by atoms with Crippen LogP contribution in [0.1, 0.15) is 48.5 Å². The first-order chi connectivity index (χ1) is 22.9. The van der Waals surface area contributed by atoms with E-state index in [1.54, 1.807) is 13.8 Å². The van der Waals surface area contributed by atoms with Gasteiger partial charge >= 0.3 is 35.8 Å². The lowest BCUT2D eigenvalue weighted by atomic mass is 9.51. The van der Waals surface area contributed by atoms with Crippen LogP contribution in [0.3, 0.4) is 0 Å². The third-order valence-corrected chi connectivity index (χ3v) is 9.63. The molecule has 1 spiro atoms. The van der Waals surface area contributed by atoms with Crippen molar-refractivity contribution in [3.63, 3.8) is 0 Å². The lowest BCUT2D eigenvalue weighted by Crippen LogP contribution is -2.76. The fourth-order valence-electron chi connectivity index (χ4n) is 7.35. The second-order valence-corrected chi connectivity index (χ2v) is 13.3. The van der Waals surface area contributed by atoms with Gasteiger partial charge in [0, 0.05) is 33.8 Å². The van der Waals surface area contributed by atoms with Gasteiger partial charge in [0.1, 0.15) is 24.4 Å². The molecule has 16 heteroatoms. The van der Waals surface area contributed by atoms with Crippen molar-refractivity contribution in [2.45, 2.75) is 96.3 Å². The molecule has 1 saturated carbocycles. The molecule has 0 aromatic carbocycles. The van der Waals surface area contributed by atoms with Crippen molar-refractivity contribution in [3.8, 4) is 0 Å².